The summed E-state index contributed by atoms with van der Waals surface area (Å²) in [5.41, 5.74) is 4.08. The van der Waals surface area contributed by atoms with Gasteiger partial charge in [-0.2, -0.15) is 4.98 Å². The van der Waals surface area contributed by atoms with Gasteiger partial charge >= 0.3 is 0 Å². The predicted molar refractivity (Wildman–Crippen MR) is 144 cm³/mol. The molecule has 5 rings (SSSR count). The van der Waals surface area contributed by atoms with Gasteiger partial charge in [-0.05, 0) is 50.0 Å². The number of hydrogen-bond acceptors (Lipinski definition) is 8. The number of rotatable bonds is 6. The number of ether oxygens (including phenoxy) is 1. The molecule has 2 aromatic carbocycles. The molecule has 0 aliphatic carbocycles. The maximum absolute atomic E-state index is 13.2. The van der Waals surface area contributed by atoms with E-state index in [2.05, 4.69) is 56.6 Å². The van der Waals surface area contributed by atoms with Gasteiger partial charge in [-0.1, -0.05) is 29.3 Å². The van der Waals surface area contributed by atoms with Crippen LogP contribution in [0.15, 0.2) is 42.6 Å². The van der Waals surface area contributed by atoms with Crippen molar-refractivity contribution < 1.29 is 9.53 Å². The fraction of sp³-hybridized carbons (Fsp3) is 0.320. The Kier molecular flexibility index (Phi) is 7.15. The average Bonchev–Trinajstić information content (AvgIpc) is 2.85. The van der Waals surface area contributed by atoms with Gasteiger partial charge < -0.3 is 25.2 Å². The quantitative estimate of drug-likeness (QED) is 0.486. The zero-order chi connectivity index (χ0) is 25.2. The largest absolute Gasteiger partial charge is 0.378 e. The molecular weight excluding hydrogens is 501 g/mol. The van der Waals surface area contributed by atoms with Crippen molar-refractivity contribution in [1.82, 2.24) is 14.9 Å². The minimum absolute atomic E-state index is 0.187. The first-order valence-corrected chi connectivity index (χ1v) is 12.4. The molecule has 2 aliphatic rings. The van der Waals surface area contributed by atoms with Gasteiger partial charge in [-0.25, -0.2) is 4.98 Å². The first-order valence-electron chi connectivity index (χ1n) is 11.6. The normalized spacial score (nSPS) is 15.6. The lowest BCUT2D eigenvalue weighted by atomic mass is 10.1. The zero-order valence-corrected chi connectivity index (χ0v) is 21.6. The molecule has 2 N–H and O–H groups in total. The summed E-state index contributed by atoms with van der Waals surface area (Å²) in [6.45, 7) is 4.19. The summed E-state index contributed by atoms with van der Waals surface area (Å²) in [6.07, 6.45) is 1.51. The summed E-state index contributed by atoms with van der Waals surface area (Å²) in [6, 6.07) is 11.4. The van der Waals surface area contributed by atoms with E-state index >= 15 is 0 Å². The second-order valence-corrected chi connectivity index (χ2v) is 9.71. The van der Waals surface area contributed by atoms with E-state index in [1.54, 1.807) is 18.2 Å². The Labute approximate surface area is 220 Å². The highest BCUT2D eigenvalue weighted by atomic mass is 35.5. The van der Waals surface area contributed by atoms with Gasteiger partial charge in [0.2, 0.25) is 5.95 Å². The van der Waals surface area contributed by atoms with Crippen LogP contribution in [0.4, 0.5) is 28.8 Å². The highest BCUT2D eigenvalue weighted by Gasteiger charge is 2.30. The average molecular weight is 528 g/mol. The summed E-state index contributed by atoms with van der Waals surface area (Å²) in [5, 5.41) is 7.26. The molecule has 0 unspecified atom stereocenters. The molecule has 0 atom stereocenters. The van der Waals surface area contributed by atoms with Gasteiger partial charge in [0.05, 0.1) is 35.6 Å². The minimum Gasteiger partial charge on any atom is -0.378 e. The number of nitrogens with zero attached hydrogens (tertiary/aromatic N) is 5. The van der Waals surface area contributed by atoms with Crippen LogP contribution in [0.25, 0.3) is 0 Å². The van der Waals surface area contributed by atoms with E-state index in [-0.39, 0.29) is 12.6 Å². The minimum atomic E-state index is -0.270. The van der Waals surface area contributed by atoms with Gasteiger partial charge in [0, 0.05) is 37.2 Å². The number of aromatic nitrogens is 2. The van der Waals surface area contributed by atoms with E-state index in [0.717, 1.165) is 38.5 Å². The third-order valence-electron chi connectivity index (χ3n) is 6.05. The molecule has 1 amide bonds. The molecule has 1 aromatic heterocycles. The lowest BCUT2D eigenvalue weighted by Crippen LogP contribution is -2.41. The molecule has 9 nitrogen and oxygen atoms in total. The summed E-state index contributed by atoms with van der Waals surface area (Å²) in [4.78, 5) is 28.1. The Hall–Kier alpha value is -3.11. The molecular formula is C25H27Cl2N7O2. The first-order chi connectivity index (χ1) is 17.4. The van der Waals surface area contributed by atoms with Crippen LogP contribution < -0.4 is 20.4 Å². The molecule has 3 aromatic rings. The number of hydrogen-bond donors (Lipinski definition) is 2. The monoisotopic (exact) mass is 527 g/mol. The van der Waals surface area contributed by atoms with Crippen molar-refractivity contribution in [2.75, 3.05) is 67.5 Å². The van der Waals surface area contributed by atoms with E-state index in [1.807, 2.05) is 6.07 Å². The summed E-state index contributed by atoms with van der Waals surface area (Å²) in [5.74, 6) is 0.581. The van der Waals surface area contributed by atoms with E-state index < -0.39 is 0 Å². The Balaban J connectivity index is 1.37. The van der Waals surface area contributed by atoms with E-state index in [1.165, 1.54) is 22.3 Å². The molecule has 188 valence electrons. The Bertz CT molecular complexity index is 1260. The fourth-order valence-corrected chi connectivity index (χ4v) is 5.01. The van der Waals surface area contributed by atoms with Crippen LogP contribution in [-0.2, 0) is 11.3 Å². The van der Waals surface area contributed by atoms with E-state index in [9.17, 15) is 4.79 Å². The maximum Gasteiger partial charge on any atom is 0.265 e. The molecule has 36 heavy (non-hydrogen) atoms. The number of halogens is 2. The number of para-hydroxylation sites is 1. The number of nitrogens with one attached hydrogen (secondary N) is 2. The number of morpholine rings is 1. The number of benzene rings is 2. The third-order valence-corrected chi connectivity index (χ3v) is 6.66. The molecule has 11 heteroatoms. The van der Waals surface area contributed by atoms with Crippen molar-refractivity contribution in [1.29, 1.82) is 0 Å². The fourth-order valence-electron chi connectivity index (χ4n) is 4.40. The molecule has 0 saturated carbocycles. The second kappa shape index (κ2) is 10.5. The van der Waals surface area contributed by atoms with Crippen molar-refractivity contribution in [3.05, 3.63) is 63.8 Å². The highest BCUT2D eigenvalue weighted by molar-refractivity contribution is 6.40. The second-order valence-electron chi connectivity index (χ2n) is 8.90. The zero-order valence-electron chi connectivity index (χ0n) is 20.1. The predicted octanol–water partition coefficient (Wildman–Crippen LogP) is 4.46. The maximum atomic E-state index is 13.2. The number of anilines is 5. The van der Waals surface area contributed by atoms with Crippen LogP contribution in [0, 0.1) is 0 Å². The van der Waals surface area contributed by atoms with Gasteiger partial charge in [0.1, 0.15) is 11.4 Å². The Morgan fingerprint density at radius 2 is 1.89 bits per heavy atom. The first kappa shape index (κ1) is 24.6. The molecule has 1 fully saturated rings. The van der Waals surface area contributed by atoms with Crippen molar-refractivity contribution in [3.8, 4) is 0 Å². The topological polar surface area (TPSA) is 85.9 Å². The number of carbonyl (C=O) groups is 1. The standard InChI is InChI=1S/C25H27Cl2N7O2/c1-32(2)14-16-12-17(6-7-21(16)33-8-10-36-11-9-33)30-25-28-13-18-23(31-25)29-15-34(24(18)35)22-19(26)4-3-5-20(22)27/h3-7,12-13H,8-11,14-15H2,1-2H3,(H2,28,29,30,31). The van der Waals surface area contributed by atoms with Crippen LogP contribution in [0.5, 0.6) is 0 Å². The highest BCUT2D eigenvalue weighted by Crippen LogP contribution is 2.36. The van der Waals surface area contributed by atoms with Crippen LogP contribution >= 0.6 is 23.2 Å². The summed E-state index contributed by atoms with van der Waals surface area (Å²) < 4.78 is 5.51. The van der Waals surface area contributed by atoms with Crippen molar-refractivity contribution >= 4 is 57.9 Å². The van der Waals surface area contributed by atoms with Crippen LogP contribution in [0.2, 0.25) is 10.0 Å². The third kappa shape index (κ3) is 5.05. The van der Waals surface area contributed by atoms with E-state index in [0.29, 0.717) is 33.1 Å². The van der Waals surface area contributed by atoms with Crippen LogP contribution in [-0.4, -0.2) is 67.8 Å². The van der Waals surface area contributed by atoms with E-state index in [4.69, 9.17) is 27.9 Å². The molecule has 0 radical (unpaired) electrons. The van der Waals surface area contributed by atoms with Gasteiger partial charge in [-0.3, -0.25) is 9.69 Å². The molecule has 1 saturated heterocycles. The summed E-state index contributed by atoms with van der Waals surface area (Å²) in [7, 11) is 4.11. The summed E-state index contributed by atoms with van der Waals surface area (Å²) >= 11 is 12.6. The number of fused-ring (bicyclic) bond motifs is 1. The van der Waals surface area contributed by atoms with Crippen LogP contribution in [0.1, 0.15) is 15.9 Å². The van der Waals surface area contributed by atoms with Crippen LogP contribution in [0.3, 0.4) is 0 Å². The lowest BCUT2D eigenvalue weighted by molar-refractivity contribution is 0.0985. The smallest absolute Gasteiger partial charge is 0.265 e. The molecule has 3 heterocycles. The lowest BCUT2D eigenvalue weighted by Gasteiger charge is -2.31. The number of amides is 1. The van der Waals surface area contributed by atoms with Gasteiger partial charge in [0.15, 0.2) is 0 Å². The van der Waals surface area contributed by atoms with Crippen molar-refractivity contribution in [3.63, 3.8) is 0 Å². The molecule has 0 spiro atoms. The SMILES string of the molecule is CN(C)Cc1cc(Nc2ncc3c(n2)NCN(c2c(Cl)cccc2Cl)C3=O)ccc1N1CCOCC1. The van der Waals surface area contributed by atoms with Gasteiger partial charge in [0.25, 0.3) is 5.91 Å². The van der Waals surface area contributed by atoms with Gasteiger partial charge in [-0.15, -0.1) is 0 Å². The van der Waals surface area contributed by atoms with Crippen molar-refractivity contribution in [2.24, 2.45) is 0 Å². The Morgan fingerprint density at radius 3 is 2.61 bits per heavy atom. The molecule has 2 aliphatic heterocycles. The van der Waals surface area contributed by atoms with Crippen molar-refractivity contribution in [2.45, 2.75) is 6.54 Å². The molecule has 0 bridgehead atoms. The Morgan fingerprint density at radius 1 is 1.14 bits per heavy atom. The number of carbonyl (C=O) groups excluding carboxylic acids is 1.